The second-order valence-electron chi connectivity index (χ2n) is 8.35. The zero-order valence-electron chi connectivity index (χ0n) is 18.0. The van der Waals surface area contributed by atoms with E-state index in [9.17, 15) is 9.59 Å². The maximum atomic E-state index is 12.8. The summed E-state index contributed by atoms with van der Waals surface area (Å²) >= 11 is 2.83. The second kappa shape index (κ2) is 8.78. The molecule has 0 spiro atoms. The Balaban J connectivity index is 1.35. The first kappa shape index (κ1) is 21.3. The number of fused-ring (bicyclic) bond motifs is 2. The lowest BCUT2D eigenvalue weighted by atomic mass is 9.97. The summed E-state index contributed by atoms with van der Waals surface area (Å²) in [4.78, 5) is 34.8. The van der Waals surface area contributed by atoms with Gasteiger partial charge in [-0.2, -0.15) is 4.37 Å². The molecular formula is C23H25N5O2S2. The third-order valence-electron chi connectivity index (χ3n) is 6.04. The number of rotatable bonds is 6. The Labute approximate surface area is 195 Å². The molecule has 166 valence electrons. The van der Waals surface area contributed by atoms with Gasteiger partial charge in [0, 0.05) is 29.1 Å². The van der Waals surface area contributed by atoms with Gasteiger partial charge >= 0.3 is 0 Å². The van der Waals surface area contributed by atoms with E-state index in [4.69, 9.17) is 0 Å². The molecule has 3 aliphatic rings. The Bertz CT molecular complexity index is 1160. The molecule has 5 rings (SSSR count). The van der Waals surface area contributed by atoms with E-state index in [0.29, 0.717) is 10.9 Å². The Kier molecular flexibility index (Phi) is 5.86. The molecular weight excluding hydrogens is 442 g/mol. The zero-order chi connectivity index (χ0) is 22.2. The summed E-state index contributed by atoms with van der Waals surface area (Å²) in [6, 6.07) is 2.17. The molecule has 0 aromatic carbocycles. The fourth-order valence-electron chi connectivity index (χ4n) is 3.87. The number of thioether (sulfide) groups is 1. The highest BCUT2D eigenvalue weighted by atomic mass is 32.2. The van der Waals surface area contributed by atoms with E-state index in [1.54, 1.807) is 11.8 Å². The summed E-state index contributed by atoms with van der Waals surface area (Å²) < 4.78 is 4.38. The third-order valence-corrected chi connectivity index (χ3v) is 7.93. The van der Waals surface area contributed by atoms with Crippen molar-refractivity contribution in [3.05, 3.63) is 41.7 Å². The van der Waals surface area contributed by atoms with E-state index in [0.717, 1.165) is 47.0 Å². The zero-order valence-corrected chi connectivity index (χ0v) is 19.6. The molecule has 1 aliphatic heterocycles. The molecule has 9 heteroatoms. The van der Waals surface area contributed by atoms with Gasteiger partial charge in [-0.25, -0.2) is 4.98 Å². The van der Waals surface area contributed by atoms with Gasteiger partial charge in [-0.3, -0.25) is 14.6 Å². The molecule has 2 unspecified atom stereocenters. The van der Waals surface area contributed by atoms with Gasteiger partial charge in [-0.1, -0.05) is 43.8 Å². The molecule has 3 heterocycles. The summed E-state index contributed by atoms with van der Waals surface area (Å²) in [5.74, 6) is 0.103. The lowest BCUT2D eigenvalue weighted by Crippen LogP contribution is -2.34. The lowest BCUT2D eigenvalue weighted by molar-refractivity contribution is -0.120. The van der Waals surface area contributed by atoms with Crippen LogP contribution in [0.4, 0.5) is 0 Å². The normalized spacial score (nSPS) is 22.0. The Morgan fingerprint density at radius 2 is 2.06 bits per heavy atom. The van der Waals surface area contributed by atoms with Crippen LogP contribution < -0.4 is 10.6 Å². The number of hydrogen-bond acceptors (Lipinski definition) is 7. The molecule has 2 atom stereocenters. The predicted molar refractivity (Wildman–Crippen MR) is 130 cm³/mol. The van der Waals surface area contributed by atoms with Crippen LogP contribution in [0.3, 0.4) is 0 Å². The molecule has 2 aromatic heterocycles. The maximum Gasteiger partial charge on any atom is 0.271 e. The Morgan fingerprint density at radius 3 is 2.81 bits per heavy atom. The van der Waals surface area contributed by atoms with Gasteiger partial charge in [-0.05, 0) is 48.9 Å². The topological polar surface area (TPSA) is 96.3 Å². The second-order valence-corrected chi connectivity index (χ2v) is 10.3. The summed E-state index contributed by atoms with van der Waals surface area (Å²) in [6.07, 6.45) is 11.8. The number of carbonyl (C=O) groups excluding carboxylic acids is 2. The molecule has 2 amide bonds. The van der Waals surface area contributed by atoms with Crippen LogP contribution in [-0.2, 0) is 4.79 Å². The Morgan fingerprint density at radius 1 is 1.25 bits per heavy atom. The highest BCUT2D eigenvalue weighted by Crippen LogP contribution is 2.36. The largest absolute Gasteiger partial charge is 0.348 e. The van der Waals surface area contributed by atoms with Gasteiger partial charge in [0.15, 0.2) is 10.9 Å². The lowest BCUT2D eigenvalue weighted by Gasteiger charge is -2.16. The fraction of sp³-hybridized carbons (Fsp3) is 0.435. The standard InChI is InChI=1S/C23H25N5O2S2/c1-3-15(4-2)25-21(30)19-16-9-14(11-24-22(16)32-28-19)13-7-8-17-18(10-13)31-23(26-17)27-20(29)12-5-6-12/h7-12,15,17-18H,3-6H2,1-2H3,(H,25,30)(H,26,27,29). The molecule has 2 N–H and O–H groups in total. The summed E-state index contributed by atoms with van der Waals surface area (Å²) in [5, 5.41) is 7.65. The molecule has 32 heavy (non-hydrogen) atoms. The summed E-state index contributed by atoms with van der Waals surface area (Å²) in [7, 11) is 0. The van der Waals surface area contributed by atoms with E-state index >= 15 is 0 Å². The van der Waals surface area contributed by atoms with E-state index in [1.807, 2.05) is 18.3 Å². The van der Waals surface area contributed by atoms with Crippen LogP contribution >= 0.6 is 23.3 Å². The number of aromatic nitrogens is 2. The van der Waals surface area contributed by atoms with Gasteiger partial charge < -0.3 is 10.6 Å². The van der Waals surface area contributed by atoms with Crippen LogP contribution in [0.1, 0.15) is 55.6 Å². The minimum atomic E-state index is -0.145. The minimum absolute atomic E-state index is 0.0270. The first-order chi connectivity index (χ1) is 15.6. The van der Waals surface area contributed by atoms with Crippen LogP contribution in [0.2, 0.25) is 0 Å². The van der Waals surface area contributed by atoms with E-state index in [-0.39, 0.29) is 35.1 Å². The highest BCUT2D eigenvalue weighted by molar-refractivity contribution is 8.14. The molecule has 0 radical (unpaired) electrons. The molecule has 2 aliphatic carbocycles. The minimum Gasteiger partial charge on any atom is -0.348 e. The summed E-state index contributed by atoms with van der Waals surface area (Å²) in [6.45, 7) is 4.13. The van der Waals surface area contributed by atoms with Gasteiger partial charge in [-0.15, -0.1) is 0 Å². The first-order valence-electron chi connectivity index (χ1n) is 11.1. The van der Waals surface area contributed by atoms with E-state index in [1.165, 1.54) is 11.5 Å². The number of nitrogens with zero attached hydrogens (tertiary/aromatic N) is 3. The molecule has 7 nitrogen and oxygen atoms in total. The number of hydrogen-bond donors (Lipinski definition) is 2. The molecule has 0 bridgehead atoms. The van der Waals surface area contributed by atoms with Crippen LogP contribution in [0.5, 0.6) is 0 Å². The first-order valence-corrected chi connectivity index (χ1v) is 12.7. The van der Waals surface area contributed by atoms with Crippen molar-refractivity contribution in [3.8, 4) is 0 Å². The van der Waals surface area contributed by atoms with Crippen LogP contribution in [0.25, 0.3) is 15.8 Å². The number of aliphatic imine (C=N–C) groups is 1. The van der Waals surface area contributed by atoms with Crippen molar-refractivity contribution < 1.29 is 9.59 Å². The van der Waals surface area contributed by atoms with Crippen molar-refractivity contribution in [2.45, 2.75) is 56.9 Å². The summed E-state index contributed by atoms with van der Waals surface area (Å²) in [5.41, 5.74) is 2.42. The number of amidine groups is 1. The van der Waals surface area contributed by atoms with Gasteiger partial charge in [0.25, 0.3) is 5.91 Å². The SMILES string of the molecule is CCC(CC)NC(=O)c1nsc2ncc(C3=CC4SC(NC(=O)C5CC5)=NC4C=C3)cc12. The van der Waals surface area contributed by atoms with Crippen molar-refractivity contribution in [3.63, 3.8) is 0 Å². The van der Waals surface area contributed by atoms with Crippen LogP contribution in [0, 0.1) is 5.92 Å². The predicted octanol–water partition coefficient (Wildman–Crippen LogP) is 3.93. The monoisotopic (exact) mass is 467 g/mol. The number of nitrogens with one attached hydrogen (secondary N) is 2. The Hall–Kier alpha value is -2.52. The van der Waals surface area contributed by atoms with E-state index in [2.05, 4.69) is 51.0 Å². The highest BCUT2D eigenvalue weighted by Gasteiger charge is 2.34. The molecule has 1 fully saturated rings. The molecule has 2 aromatic rings. The van der Waals surface area contributed by atoms with Crippen molar-refractivity contribution in [1.82, 2.24) is 20.0 Å². The van der Waals surface area contributed by atoms with Crippen LogP contribution in [0.15, 0.2) is 35.5 Å². The number of allylic oxidation sites excluding steroid dienone is 2. The fourth-order valence-corrected chi connectivity index (χ4v) is 5.68. The van der Waals surface area contributed by atoms with Crippen molar-refractivity contribution >= 4 is 56.1 Å². The van der Waals surface area contributed by atoms with Crippen molar-refractivity contribution in [2.75, 3.05) is 0 Å². The number of amides is 2. The van der Waals surface area contributed by atoms with Crippen LogP contribution in [-0.4, -0.2) is 43.7 Å². The van der Waals surface area contributed by atoms with E-state index < -0.39 is 0 Å². The average Bonchev–Trinajstić information content (AvgIpc) is 3.45. The molecule has 0 saturated heterocycles. The quantitative estimate of drug-likeness (QED) is 0.671. The number of carbonyl (C=O) groups is 2. The van der Waals surface area contributed by atoms with Crippen molar-refractivity contribution in [2.24, 2.45) is 10.9 Å². The number of pyridine rings is 1. The maximum absolute atomic E-state index is 12.8. The van der Waals surface area contributed by atoms with Gasteiger partial charge in [0.05, 0.1) is 11.3 Å². The smallest absolute Gasteiger partial charge is 0.271 e. The third kappa shape index (κ3) is 4.23. The van der Waals surface area contributed by atoms with Crippen molar-refractivity contribution in [1.29, 1.82) is 0 Å². The van der Waals surface area contributed by atoms with Gasteiger partial charge in [0.1, 0.15) is 4.83 Å². The van der Waals surface area contributed by atoms with Gasteiger partial charge in [0.2, 0.25) is 5.91 Å². The average molecular weight is 468 g/mol. The molecule has 1 saturated carbocycles.